The molecular weight excluding hydrogens is 313 g/mol. The van der Waals surface area contributed by atoms with Crippen molar-refractivity contribution in [1.82, 2.24) is 4.90 Å². The summed E-state index contributed by atoms with van der Waals surface area (Å²) in [5.41, 5.74) is 1.62. The summed E-state index contributed by atoms with van der Waals surface area (Å²) in [4.78, 5) is 14.1. The van der Waals surface area contributed by atoms with Crippen molar-refractivity contribution in [3.63, 3.8) is 0 Å². The van der Waals surface area contributed by atoms with E-state index in [4.69, 9.17) is 11.6 Å². The average Bonchev–Trinajstić information content (AvgIpc) is 3.05. The number of nitrogens with zero attached hydrogens (tertiary/aromatic N) is 1. The molecule has 0 aliphatic carbocycles. The van der Waals surface area contributed by atoms with Crippen LogP contribution in [0.5, 0.6) is 0 Å². The zero-order valence-corrected chi connectivity index (χ0v) is 13.3. The summed E-state index contributed by atoms with van der Waals surface area (Å²) in [6.45, 7) is 1.43. The number of hydrogen-bond acceptors (Lipinski definition) is 1. The van der Waals surface area contributed by atoms with Gasteiger partial charge in [-0.05, 0) is 30.2 Å². The molecule has 2 aromatic carbocycles. The second kappa shape index (κ2) is 6.97. The van der Waals surface area contributed by atoms with E-state index in [1.54, 1.807) is 12.1 Å². The highest BCUT2D eigenvalue weighted by Crippen LogP contribution is 2.27. The van der Waals surface area contributed by atoms with Gasteiger partial charge in [0.05, 0.1) is 0 Å². The average molecular weight is 330 g/mol. The first-order valence-electron chi connectivity index (χ1n) is 7.60. The quantitative estimate of drug-likeness (QED) is 0.759. The van der Waals surface area contributed by atoms with E-state index in [0.29, 0.717) is 23.0 Å². The summed E-state index contributed by atoms with van der Waals surface area (Å²) in [6, 6.07) is 14.6. The van der Waals surface area contributed by atoms with Gasteiger partial charge in [0, 0.05) is 35.7 Å². The van der Waals surface area contributed by atoms with Crippen LogP contribution in [0.25, 0.3) is 6.08 Å². The van der Waals surface area contributed by atoms with E-state index < -0.39 is 5.82 Å². The molecule has 0 radical (unpaired) electrons. The van der Waals surface area contributed by atoms with Gasteiger partial charge in [0.15, 0.2) is 0 Å². The zero-order valence-electron chi connectivity index (χ0n) is 12.6. The van der Waals surface area contributed by atoms with E-state index >= 15 is 0 Å². The molecular formula is C19H17ClFNO. The molecule has 4 heteroatoms. The van der Waals surface area contributed by atoms with Crippen LogP contribution in [0.2, 0.25) is 5.02 Å². The summed E-state index contributed by atoms with van der Waals surface area (Å²) in [5, 5.41) is 0.344. The topological polar surface area (TPSA) is 20.3 Å². The molecule has 3 rings (SSSR count). The van der Waals surface area contributed by atoms with Gasteiger partial charge in [0.2, 0.25) is 5.91 Å². The van der Waals surface area contributed by atoms with E-state index in [1.165, 1.54) is 23.8 Å². The maximum absolute atomic E-state index is 13.7. The van der Waals surface area contributed by atoms with Gasteiger partial charge in [-0.15, -0.1) is 0 Å². The lowest BCUT2D eigenvalue weighted by atomic mass is 9.99. The molecule has 1 heterocycles. The Morgan fingerprint density at radius 3 is 2.74 bits per heavy atom. The molecule has 23 heavy (non-hydrogen) atoms. The van der Waals surface area contributed by atoms with Gasteiger partial charge in [-0.25, -0.2) is 4.39 Å². The van der Waals surface area contributed by atoms with E-state index in [9.17, 15) is 9.18 Å². The minimum Gasteiger partial charge on any atom is -0.339 e. The molecule has 1 aliphatic rings. The summed E-state index contributed by atoms with van der Waals surface area (Å²) in [5.74, 6) is -0.135. The third-order valence-corrected chi connectivity index (χ3v) is 4.37. The fourth-order valence-corrected chi connectivity index (χ4v) is 3.02. The van der Waals surface area contributed by atoms with Gasteiger partial charge >= 0.3 is 0 Å². The Morgan fingerprint density at radius 2 is 2.00 bits per heavy atom. The van der Waals surface area contributed by atoms with E-state index in [1.807, 2.05) is 23.1 Å². The van der Waals surface area contributed by atoms with Gasteiger partial charge in [-0.1, -0.05) is 48.0 Å². The third-order valence-electron chi connectivity index (χ3n) is 4.14. The Bertz CT molecular complexity index is 729. The number of likely N-dealkylation sites (tertiary alicyclic amines) is 1. The van der Waals surface area contributed by atoms with Crippen molar-refractivity contribution in [3.05, 3.63) is 76.6 Å². The molecule has 0 aromatic heterocycles. The van der Waals surface area contributed by atoms with Crippen molar-refractivity contribution in [2.45, 2.75) is 12.3 Å². The minimum atomic E-state index is -0.426. The van der Waals surface area contributed by atoms with E-state index in [2.05, 4.69) is 12.1 Å². The van der Waals surface area contributed by atoms with Crippen molar-refractivity contribution in [2.75, 3.05) is 13.1 Å². The number of carbonyl (C=O) groups excluding carboxylic acids is 1. The fourth-order valence-electron chi connectivity index (χ4n) is 2.86. The maximum atomic E-state index is 13.7. The van der Waals surface area contributed by atoms with Crippen LogP contribution in [0, 0.1) is 5.82 Å². The number of halogens is 2. The molecule has 0 spiro atoms. The largest absolute Gasteiger partial charge is 0.339 e. The number of carbonyl (C=O) groups is 1. The molecule has 0 bridgehead atoms. The Balaban J connectivity index is 1.64. The van der Waals surface area contributed by atoms with Crippen LogP contribution in [0.1, 0.15) is 23.5 Å². The zero-order chi connectivity index (χ0) is 16.2. The van der Waals surface area contributed by atoms with Gasteiger partial charge in [0.25, 0.3) is 0 Å². The predicted octanol–water partition coefficient (Wildman–Crippen LogP) is 4.51. The molecule has 1 saturated heterocycles. The minimum absolute atomic E-state index is 0.0854. The van der Waals surface area contributed by atoms with Gasteiger partial charge in [0.1, 0.15) is 5.82 Å². The van der Waals surface area contributed by atoms with Crippen LogP contribution < -0.4 is 0 Å². The Labute approximate surface area is 140 Å². The lowest BCUT2D eigenvalue weighted by molar-refractivity contribution is -0.124. The lowest BCUT2D eigenvalue weighted by Crippen LogP contribution is -2.26. The SMILES string of the molecule is O=C(/C=C/c1ccc(Cl)cc1F)N1CC[C@@H](c2ccccc2)C1. The van der Waals surface area contributed by atoms with Crippen molar-refractivity contribution in [3.8, 4) is 0 Å². The highest BCUT2D eigenvalue weighted by Gasteiger charge is 2.25. The standard InChI is InChI=1S/C19H17ClFNO/c20-17-8-6-15(18(21)12-17)7-9-19(23)22-11-10-16(13-22)14-4-2-1-3-5-14/h1-9,12,16H,10-11,13H2/b9-7+/t16-/m1/s1. The maximum Gasteiger partial charge on any atom is 0.246 e. The Morgan fingerprint density at radius 1 is 1.22 bits per heavy atom. The first kappa shape index (κ1) is 15.8. The van der Waals surface area contributed by atoms with Crippen LogP contribution in [0.4, 0.5) is 4.39 Å². The van der Waals surface area contributed by atoms with E-state index in [0.717, 1.165) is 13.0 Å². The summed E-state index contributed by atoms with van der Waals surface area (Å²) < 4.78 is 13.7. The van der Waals surface area contributed by atoms with Gasteiger partial charge < -0.3 is 4.90 Å². The Kier molecular flexibility index (Phi) is 4.77. The number of amides is 1. The van der Waals surface area contributed by atoms with Gasteiger partial charge in [-0.3, -0.25) is 4.79 Å². The molecule has 1 fully saturated rings. The monoisotopic (exact) mass is 329 g/mol. The molecule has 2 aromatic rings. The van der Waals surface area contributed by atoms with Crippen LogP contribution in [0.3, 0.4) is 0 Å². The fraction of sp³-hybridized carbons (Fsp3) is 0.211. The van der Waals surface area contributed by atoms with Crippen molar-refractivity contribution < 1.29 is 9.18 Å². The van der Waals surface area contributed by atoms with Crippen LogP contribution in [0.15, 0.2) is 54.6 Å². The number of rotatable bonds is 3. The predicted molar refractivity (Wildman–Crippen MR) is 90.8 cm³/mol. The second-order valence-corrected chi connectivity index (χ2v) is 6.12. The van der Waals surface area contributed by atoms with Crippen molar-refractivity contribution in [1.29, 1.82) is 0 Å². The van der Waals surface area contributed by atoms with Crippen molar-refractivity contribution in [2.24, 2.45) is 0 Å². The molecule has 1 aliphatic heterocycles. The number of hydrogen-bond donors (Lipinski definition) is 0. The molecule has 2 nitrogen and oxygen atoms in total. The van der Waals surface area contributed by atoms with E-state index in [-0.39, 0.29) is 5.91 Å². The molecule has 1 amide bonds. The van der Waals surface area contributed by atoms with Crippen LogP contribution in [-0.2, 0) is 4.79 Å². The molecule has 0 N–H and O–H groups in total. The first-order chi connectivity index (χ1) is 11.1. The normalized spacial score (nSPS) is 17.8. The summed E-state index contributed by atoms with van der Waals surface area (Å²) >= 11 is 5.72. The lowest BCUT2D eigenvalue weighted by Gasteiger charge is -2.14. The molecule has 0 unspecified atom stereocenters. The second-order valence-electron chi connectivity index (χ2n) is 5.68. The van der Waals surface area contributed by atoms with Crippen LogP contribution in [-0.4, -0.2) is 23.9 Å². The molecule has 1 atom stereocenters. The van der Waals surface area contributed by atoms with Gasteiger partial charge in [-0.2, -0.15) is 0 Å². The highest BCUT2D eigenvalue weighted by atomic mass is 35.5. The van der Waals surface area contributed by atoms with Crippen molar-refractivity contribution >= 4 is 23.6 Å². The summed E-state index contributed by atoms with van der Waals surface area (Å²) in [6.07, 6.45) is 3.89. The molecule has 118 valence electrons. The van der Waals surface area contributed by atoms with Crippen LogP contribution >= 0.6 is 11.6 Å². The smallest absolute Gasteiger partial charge is 0.246 e. The summed E-state index contributed by atoms with van der Waals surface area (Å²) in [7, 11) is 0. The third kappa shape index (κ3) is 3.80. The molecule has 0 saturated carbocycles. The first-order valence-corrected chi connectivity index (χ1v) is 7.98. The number of benzene rings is 2. The Hall–Kier alpha value is -2.13. The highest BCUT2D eigenvalue weighted by molar-refractivity contribution is 6.30.